The Balaban J connectivity index is 1.35. The fourth-order valence-corrected chi connectivity index (χ4v) is 3.28. The molecule has 24 heavy (non-hydrogen) atoms. The maximum Gasteiger partial charge on any atom is 0.321 e. The van der Waals surface area contributed by atoms with Crippen LogP contribution in [-0.2, 0) is 6.42 Å². The molecule has 7 nitrogen and oxygen atoms in total. The molecule has 4 rings (SSSR count). The standard InChI is InChI=1S/C16H14N6OS/c23-15(19-16-18-11-5-1-2-6-12(11)24-16)17-9-8-14-21-20-13-7-3-4-10-22(13)14/h1-7,10H,8-9H2,(H2,17,18,19,23). The average Bonchev–Trinajstić information content (AvgIpc) is 3.18. The van der Waals surface area contributed by atoms with Crippen molar-refractivity contribution >= 4 is 38.4 Å². The summed E-state index contributed by atoms with van der Waals surface area (Å²) in [5.41, 5.74) is 1.68. The number of aromatic nitrogens is 4. The van der Waals surface area contributed by atoms with Crippen LogP contribution in [0, 0.1) is 0 Å². The van der Waals surface area contributed by atoms with Crippen molar-refractivity contribution in [1.29, 1.82) is 0 Å². The van der Waals surface area contributed by atoms with Crippen molar-refractivity contribution in [1.82, 2.24) is 24.9 Å². The van der Waals surface area contributed by atoms with E-state index in [2.05, 4.69) is 25.8 Å². The number of carbonyl (C=O) groups excluding carboxylic acids is 1. The van der Waals surface area contributed by atoms with E-state index in [1.807, 2.05) is 53.1 Å². The van der Waals surface area contributed by atoms with Crippen LogP contribution < -0.4 is 10.6 Å². The fraction of sp³-hybridized carbons (Fsp3) is 0.125. The topological polar surface area (TPSA) is 84.2 Å². The normalized spacial score (nSPS) is 11.0. The highest BCUT2D eigenvalue weighted by Crippen LogP contribution is 2.25. The zero-order valence-corrected chi connectivity index (χ0v) is 13.5. The van der Waals surface area contributed by atoms with Gasteiger partial charge in [0.2, 0.25) is 0 Å². The van der Waals surface area contributed by atoms with E-state index < -0.39 is 0 Å². The third-order valence-corrected chi connectivity index (χ3v) is 4.48. The maximum absolute atomic E-state index is 12.0. The minimum absolute atomic E-state index is 0.275. The number of pyridine rings is 1. The zero-order chi connectivity index (χ0) is 16.4. The molecule has 0 spiro atoms. The largest absolute Gasteiger partial charge is 0.337 e. The highest BCUT2D eigenvalue weighted by atomic mass is 32.1. The molecule has 0 atom stereocenters. The van der Waals surface area contributed by atoms with Crippen molar-refractivity contribution in [3.8, 4) is 0 Å². The highest BCUT2D eigenvalue weighted by molar-refractivity contribution is 7.22. The SMILES string of the molecule is O=C(NCCc1nnc2ccccn12)Nc1nc2ccccc2s1. The molecule has 120 valence electrons. The Morgan fingerprint density at radius 3 is 2.92 bits per heavy atom. The van der Waals surface area contributed by atoms with Crippen molar-refractivity contribution in [2.45, 2.75) is 6.42 Å². The minimum Gasteiger partial charge on any atom is -0.337 e. The smallest absolute Gasteiger partial charge is 0.321 e. The number of fused-ring (bicyclic) bond motifs is 2. The molecule has 0 saturated carbocycles. The number of anilines is 1. The van der Waals surface area contributed by atoms with Crippen LogP contribution in [0.4, 0.5) is 9.93 Å². The lowest BCUT2D eigenvalue weighted by atomic mass is 10.3. The summed E-state index contributed by atoms with van der Waals surface area (Å²) in [6, 6.07) is 13.2. The molecule has 4 aromatic rings. The Morgan fingerprint density at radius 2 is 2.00 bits per heavy atom. The third-order valence-electron chi connectivity index (χ3n) is 3.53. The third kappa shape index (κ3) is 2.91. The van der Waals surface area contributed by atoms with E-state index >= 15 is 0 Å². The summed E-state index contributed by atoms with van der Waals surface area (Å²) in [6.07, 6.45) is 2.50. The van der Waals surface area contributed by atoms with E-state index in [9.17, 15) is 4.79 Å². The van der Waals surface area contributed by atoms with E-state index in [0.29, 0.717) is 18.1 Å². The number of benzene rings is 1. The molecule has 0 aliphatic heterocycles. The molecular weight excluding hydrogens is 324 g/mol. The lowest BCUT2D eigenvalue weighted by molar-refractivity contribution is 0.252. The van der Waals surface area contributed by atoms with Crippen molar-refractivity contribution in [2.75, 3.05) is 11.9 Å². The van der Waals surface area contributed by atoms with Gasteiger partial charge in [-0.2, -0.15) is 0 Å². The fourth-order valence-electron chi connectivity index (χ4n) is 2.42. The second-order valence-electron chi connectivity index (χ2n) is 5.16. The van der Waals surface area contributed by atoms with Crippen LogP contribution in [-0.4, -0.2) is 32.2 Å². The van der Waals surface area contributed by atoms with Gasteiger partial charge in [-0.25, -0.2) is 9.78 Å². The number of nitrogens with one attached hydrogen (secondary N) is 2. The first-order chi connectivity index (χ1) is 11.8. The van der Waals surface area contributed by atoms with E-state index in [1.165, 1.54) is 11.3 Å². The van der Waals surface area contributed by atoms with Gasteiger partial charge >= 0.3 is 6.03 Å². The number of urea groups is 1. The Labute approximate surface area is 141 Å². The van der Waals surface area contributed by atoms with E-state index in [0.717, 1.165) is 21.7 Å². The Kier molecular flexibility index (Phi) is 3.80. The van der Waals surface area contributed by atoms with Gasteiger partial charge in [-0.3, -0.25) is 9.72 Å². The van der Waals surface area contributed by atoms with Crippen molar-refractivity contribution in [3.63, 3.8) is 0 Å². The van der Waals surface area contributed by atoms with Gasteiger partial charge < -0.3 is 5.32 Å². The molecule has 2 N–H and O–H groups in total. The first-order valence-electron chi connectivity index (χ1n) is 7.49. The second-order valence-corrected chi connectivity index (χ2v) is 6.19. The maximum atomic E-state index is 12.0. The van der Waals surface area contributed by atoms with Crippen molar-refractivity contribution in [2.24, 2.45) is 0 Å². The molecule has 3 aromatic heterocycles. The van der Waals surface area contributed by atoms with Gasteiger partial charge in [-0.1, -0.05) is 29.5 Å². The van der Waals surface area contributed by atoms with Gasteiger partial charge in [0.05, 0.1) is 10.2 Å². The quantitative estimate of drug-likeness (QED) is 0.599. The molecule has 0 radical (unpaired) electrons. The first-order valence-corrected chi connectivity index (χ1v) is 8.30. The summed E-state index contributed by atoms with van der Waals surface area (Å²) in [6.45, 7) is 0.465. The molecule has 0 aliphatic rings. The molecule has 3 heterocycles. The minimum atomic E-state index is -0.275. The van der Waals surface area contributed by atoms with Crippen LogP contribution >= 0.6 is 11.3 Å². The zero-order valence-electron chi connectivity index (χ0n) is 12.6. The molecule has 0 saturated heterocycles. The highest BCUT2D eigenvalue weighted by Gasteiger charge is 2.08. The number of hydrogen-bond acceptors (Lipinski definition) is 5. The van der Waals surface area contributed by atoms with Crippen molar-refractivity contribution in [3.05, 3.63) is 54.5 Å². The molecule has 0 bridgehead atoms. The van der Waals surface area contributed by atoms with E-state index in [4.69, 9.17) is 0 Å². The number of thiazole rings is 1. The van der Waals surface area contributed by atoms with Crippen molar-refractivity contribution < 1.29 is 4.79 Å². The number of amides is 2. The molecular formula is C16H14N6OS. The summed E-state index contributed by atoms with van der Waals surface area (Å²) in [5, 5.41) is 14.4. The Hall–Kier alpha value is -3.00. The van der Waals surface area contributed by atoms with Crippen LogP contribution in [0.25, 0.3) is 15.9 Å². The van der Waals surface area contributed by atoms with Gasteiger partial charge in [0, 0.05) is 19.2 Å². The predicted octanol–water partition coefficient (Wildman–Crippen LogP) is 2.70. The van der Waals surface area contributed by atoms with Gasteiger partial charge in [0.25, 0.3) is 0 Å². The summed E-state index contributed by atoms with van der Waals surface area (Å²) in [7, 11) is 0. The molecule has 8 heteroatoms. The first kappa shape index (κ1) is 14.6. The molecule has 2 amide bonds. The molecule has 0 unspecified atom stereocenters. The van der Waals surface area contributed by atoms with E-state index in [1.54, 1.807) is 0 Å². The summed E-state index contributed by atoms with van der Waals surface area (Å²) in [5.74, 6) is 0.811. The number of para-hydroxylation sites is 1. The number of nitrogens with zero attached hydrogens (tertiary/aromatic N) is 4. The summed E-state index contributed by atoms with van der Waals surface area (Å²) < 4.78 is 2.95. The van der Waals surface area contributed by atoms with Crippen LogP contribution in [0.3, 0.4) is 0 Å². The number of hydrogen-bond donors (Lipinski definition) is 2. The second kappa shape index (κ2) is 6.25. The number of carbonyl (C=O) groups is 1. The Morgan fingerprint density at radius 1 is 1.12 bits per heavy atom. The van der Waals surface area contributed by atoms with Crippen LogP contribution in [0.5, 0.6) is 0 Å². The summed E-state index contributed by atoms with van der Waals surface area (Å²) >= 11 is 1.45. The van der Waals surface area contributed by atoms with Crippen LogP contribution in [0.1, 0.15) is 5.82 Å². The lowest BCUT2D eigenvalue weighted by Crippen LogP contribution is -2.30. The van der Waals surface area contributed by atoms with E-state index in [-0.39, 0.29) is 6.03 Å². The molecule has 0 aliphatic carbocycles. The number of rotatable bonds is 4. The monoisotopic (exact) mass is 338 g/mol. The predicted molar refractivity (Wildman–Crippen MR) is 93.3 cm³/mol. The van der Waals surface area contributed by atoms with Crippen LogP contribution in [0.15, 0.2) is 48.7 Å². The van der Waals surface area contributed by atoms with Gasteiger partial charge in [-0.05, 0) is 24.3 Å². The average molecular weight is 338 g/mol. The summed E-state index contributed by atoms with van der Waals surface area (Å²) in [4.78, 5) is 16.4. The van der Waals surface area contributed by atoms with Crippen LogP contribution in [0.2, 0.25) is 0 Å². The Bertz CT molecular complexity index is 975. The molecule has 0 fully saturated rings. The van der Waals surface area contributed by atoms with Gasteiger partial charge in [0.15, 0.2) is 10.8 Å². The van der Waals surface area contributed by atoms with Gasteiger partial charge in [0.1, 0.15) is 5.82 Å². The van der Waals surface area contributed by atoms with Gasteiger partial charge in [-0.15, -0.1) is 10.2 Å². The lowest BCUT2D eigenvalue weighted by Gasteiger charge is -2.04. The molecule has 1 aromatic carbocycles.